The van der Waals surface area contributed by atoms with Gasteiger partial charge in [-0.25, -0.2) is 4.31 Å². The molecule has 0 aromatic heterocycles. The molecule has 1 heterocycles. The number of hydrogen-bond donors (Lipinski definition) is 2. The number of nitrogens with zero attached hydrogens (tertiary/aromatic N) is 1. The van der Waals surface area contributed by atoms with Crippen LogP contribution in [0.1, 0.15) is 16.7 Å². The first-order chi connectivity index (χ1) is 16.2. The SMILES string of the molecule is NC(Cc1cccc(SN2CC(Oc3ccccc3C(F)(F)F)(c3ccccc3)C2)c1)C(=O)O. The fraction of sp³-hybridized carbons (Fsp3) is 0.240. The average Bonchev–Trinajstić information content (AvgIpc) is 2.78. The van der Waals surface area contributed by atoms with E-state index in [0.717, 1.165) is 22.1 Å². The molecule has 3 N–H and O–H groups in total. The smallest absolute Gasteiger partial charge is 0.419 e. The second-order valence-corrected chi connectivity index (χ2v) is 9.31. The first-order valence-corrected chi connectivity index (χ1v) is 11.3. The number of nitrogens with two attached hydrogens (primary N) is 1. The Kier molecular flexibility index (Phi) is 6.88. The second kappa shape index (κ2) is 9.69. The van der Waals surface area contributed by atoms with E-state index in [1.807, 2.05) is 58.9 Å². The molecular formula is C25H23F3N2O3S. The number of carbonyl (C=O) groups is 1. The number of carboxylic acids is 1. The van der Waals surface area contributed by atoms with Crippen LogP contribution in [-0.4, -0.2) is 34.5 Å². The first kappa shape index (κ1) is 24.1. The van der Waals surface area contributed by atoms with Crippen molar-refractivity contribution in [2.45, 2.75) is 29.1 Å². The molecule has 34 heavy (non-hydrogen) atoms. The molecule has 0 amide bonds. The highest BCUT2D eigenvalue weighted by Crippen LogP contribution is 2.45. The minimum atomic E-state index is -4.52. The summed E-state index contributed by atoms with van der Waals surface area (Å²) < 4.78 is 48.7. The molecule has 0 radical (unpaired) electrons. The van der Waals surface area contributed by atoms with Gasteiger partial charge in [0, 0.05) is 4.90 Å². The van der Waals surface area contributed by atoms with Gasteiger partial charge in [-0.1, -0.05) is 54.6 Å². The highest BCUT2D eigenvalue weighted by atomic mass is 32.2. The summed E-state index contributed by atoms with van der Waals surface area (Å²) >= 11 is 1.44. The number of halogens is 3. The molecular weight excluding hydrogens is 465 g/mol. The van der Waals surface area contributed by atoms with Crippen LogP contribution in [0.25, 0.3) is 0 Å². The van der Waals surface area contributed by atoms with Gasteiger partial charge in [0.1, 0.15) is 11.8 Å². The van der Waals surface area contributed by atoms with Crippen LogP contribution in [0.15, 0.2) is 83.8 Å². The zero-order chi connectivity index (χ0) is 24.3. The molecule has 1 saturated heterocycles. The van der Waals surface area contributed by atoms with Crippen LogP contribution in [0.2, 0.25) is 0 Å². The number of carboxylic acid groups (broad SMARTS) is 1. The summed E-state index contributed by atoms with van der Waals surface area (Å²) in [6, 6.07) is 20.9. The van der Waals surface area contributed by atoms with E-state index in [4.69, 9.17) is 15.6 Å². The summed E-state index contributed by atoms with van der Waals surface area (Å²) in [5.41, 5.74) is 5.49. The van der Waals surface area contributed by atoms with Gasteiger partial charge < -0.3 is 15.6 Å². The summed E-state index contributed by atoms with van der Waals surface area (Å²) in [6.45, 7) is 0.736. The van der Waals surface area contributed by atoms with Crippen molar-refractivity contribution >= 4 is 17.9 Å². The number of rotatable bonds is 8. The van der Waals surface area contributed by atoms with Crippen molar-refractivity contribution in [3.63, 3.8) is 0 Å². The summed E-state index contributed by atoms with van der Waals surface area (Å²) in [5.74, 6) is -1.27. The molecule has 0 aliphatic carbocycles. The van der Waals surface area contributed by atoms with Crippen molar-refractivity contribution in [3.8, 4) is 5.75 Å². The Morgan fingerprint density at radius 2 is 1.74 bits per heavy atom. The lowest BCUT2D eigenvalue weighted by molar-refractivity contribution is -0.141. The zero-order valence-corrected chi connectivity index (χ0v) is 18.9. The van der Waals surface area contributed by atoms with Crippen LogP contribution < -0.4 is 10.5 Å². The van der Waals surface area contributed by atoms with Crippen LogP contribution in [0.3, 0.4) is 0 Å². The molecule has 1 fully saturated rings. The molecule has 0 bridgehead atoms. The minimum absolute atomic E-state index is 0.201. The molecule has 1 unspecified atom stereocenters. The summed E-state index contributed by atoms with van der Waals surface area (Å²) in [7, 11) is 0. The second-order valence-electron chi connectivity index (χ2n) is 8.14. The van der Waals surface area contributed by atoms with E-state index < -0.39 is 29.4 Å². The Morgan fingerprint density at radius 3 is 2.41 bits per heavy atom. The lowest BCUT2D eigenvalue weighted by atomic mass is 9.87. The molecule has 4 rings (SSSR count). The molecule has 0 spiro atoms. The van der Waals surface area contributed by atoms with Crippen molar-refractivity contribution in [2.24, 2.45) is 5.73 Å². The van der Waals surface area contributed by atoms with Crippen LogP contribution in [-0.2, 0) is 23.0 Å². The predicted molar refractivity (Wildman–Crippen MR) is 123 cm³/mol. The number of ether oxygens (including phenoxy) is 1. The van der Waals surface area contributed by atoms with Crippen molar-refractivity contribution < 1.29 is 27.8 Å². The quantitative estimate of drug-likeness (QED) is 0.437. The molecule has 3 aromatic rings. The van der Waals surface area contributed by atoms with Gasteiger partial charge in [0.2, 0.25) is 0 Å². The Hall–Kier alpha value is -3.01. The topological polar surface area (TPSA) is 75.8 Å². The number of benzene rings is 3. The maximum atomic E-state index is 13.6. The molecule has 5 nitrogen and oxygen atoms in total. The minimum Gasteiger partial charge on any atom is -0.480 e. The lowest BCUT2D eigenvalue weighted by Crippen LogP contribution is -2.59. The Balaban J connectivity index is 1.53. The van der Waals surface area contributed by atoms with Crippen molar-refractivity contribution in [1.82, 2.24) is 4.31 Å². The normalized spacial score (nSPS) is 16.5. The Morgan fingerprint density at radius 1 is 1.06 bits per heavy atom. The maximum Gasteiger partial charge on any atom is 0.419 e. The van der Waals surface area contributed by atoms with Crippen molar-refractivity contribution in [3.05, 3.63) is 95.6 Å². The fourth-order valence-electron chi connectivity index (χ4n) is 3.86. The Bertz CT molecular complexity index is 1150. The van der Waals surface area contributed by atoms with Gasteiger partial charge in [-0.2, -0.15) is 13.2 Å². The monoisotopic (exact) mass is 488 g/mol. The number of alkyl halides is 3. The van der Waals surface area contributed by atoms with E-state index in [0.29, 0.717) is 13.1 Å². The van der Waals surface area contributed by atoms with Gasteiger partial charge in [-0.15, -0.1) is 0 Å². The molecule has 3 aromatic carbocycles. The average molecular weight is 489 g/mol. The van der Waals surface area contributed by atoms with Crippen LogP contribution in [0, 0.1) is 0 Å². The predicted octanol–water partition coefficient (Wildman–Crippen LogP) is 4.96. The molecule has 1 aliphatic heterocycles. The molecule has 178 valence electrons. The van der Waals surface area contributed by atoms with Gasteiger partial charge >= 0.3 is 12.1 Å². The standard InChI is InChI=1S/C25H23F3N2O3S/c26-25(27,28)20-11-4-5-12-22(20)33-24(18-8-2-1-3-9-18)15-30(16-24)34-19-10-6-7-17(13-19)14-21(29)23(31)32/h1-13,21H,14-16,29H2,(H,31,32). The highest BCUT2D eigenvalue weighted by Gasteiger charge is 2.48. The van der Waals surface area contributed by atoms with Gasteiger partial charge in [-0.05, 0) is 53.8 Å². The zero-order valence-electron chi connectivity index (χ0n) is 18.0. The van der Waals surface area contributed by atoms with E-state index in [1.165, 1.54) is 30.1 Å². The molecule has 1 atom stereocenters. The van der Waals surface area contributed by atoms with Gasteiger partial charge in [-0.3, -0.25) is 4.79 Å². The molecule has 9 heteroatoms. The third-order valence-electron chi connectivity index (χ3n) is 5.57. The van der Waals surface area contributed by atoms with E-state index >= 15 is 0 Å². The first-order valence-electron chi connectivity index (χ1n) is 10.6. The molecule has 1 aliphatic rings. The summed E-state index contributed by atoms with van der Waals surface area (Å²) in [4.78, 5) is 11.9. The van der Waals surface area contributed by atoms with Gasteiger partial charge in [0.05, 0.1) is 18.7 Å². The lowest BCUT2D eigenvalue weighted by Gasteiger charge is -2.49. The van der Waals surface area contributed by atoms with Crippen LogP contribution in [0.5, 0.6) is 5.75 Å². The van der Waals surface area contributed by atoms with E-state index in [9.17, 15) is 18.0 Å². The number of hydrogen-bond acceptors (Lipinski definition) is 5. The van der Waals surface area contributed by atoms with Gasteiger partial charge in [0.25, 0.3) is 0 Å². The van der Waals surface area contributed by atoms with Crippen molar-refractivity contribution in [1.29, 1.82) is 0 Å². The third kappa shape index (κ3) is 5.38. The Labute approximate surface area is 199 Å². The van der Waals surface area contributed by atoms with E-state index in [2.05, 4.69) is 0 Å². The maximum absolute atomic E-state index is 13.6. The summed E-state index contributed by atoms with van der Waals surface area (Å²) in [6.07, 6.45) is -4.32. The number of para-hydroxylation sites is 1. The molecule has 0 saturated carbocycles. The fourth-order valence-corrected chi connectivity index (χ4v) is 5.04. The largest absolute Gasteiger partial charge is 0.480 e. The van der Waals surface area contributed by atoms with E-state index in [1.54, 1.807) is 0 Å². The highest BCUT2D eigenvalue weighted by molar-refractivity contribution is 7.97. The number of aliphatic carboxylic acids is 1. The van der Waals surface area contributed by atoms with Crippen LogP contribution in [0.4, 0.5) is 13.2 Å². The van der Waals surface area contributed by atoms with Gasteiger partial charge in [0.15, 0.2) is 5.60 Å². The van der Waals surface area contributed by atoms with Crippen LogP contribution >= 0.6 is 11.9 Å². The van der Waals surface area contributed by atoms with E-state index in [-0.39, 0.29) is 12.2 Å². The third-order valence-corrected chi connectivity index (χ3v) is 6.55. The summed E-state index contributed by atoms with van der Waals surface area (Å²) in [5, 5.41) is 9.04. The van der Waals surface area contributed by atoms with Crippen molar-refractivity contribution in [2.75, 3.05) is 13.1 Å².